The second kappa shape index (κ2) is 12.6. The van der Waals surface area contributed by atoms with E-state index >= 15 is 0 Å². The summed E-state index contributed by atoms with van der Waals surface area (Å²) in [5, 5.41) is 9.53. The molecule has 0 spiro atoms. The number of ether oxygens (including phenoxy) is 4. The number of methoxy groups -OCH3 is 1. The third kappa shape index (κ3) is 6.02. The number of piperidine rings is 1. The van der Waals surface area contributed by atoms with Crippen LogP contribution in [0.25, 0.3) is 11.0 Å². The van der Waals surface area contributed by atoms with Crippen molar-refractivity contribution in [2.45, 2.75) is 56.9 Å². The molecule has 3 aliphatic rings. The number of pyridine rings is 1. The molecule has 0 unspecified atom stereocenters. The summed E-state index contributed by atoms with van der Waals surface area (Å²) < 4.78 is 25.0. The van der Waals surface area contributed by atoms with E-state index in [0.29, 0.717) is 37.4 Å². The van der Waals surface area contributed by atoms with E-state index in [9.17, 15) is 9.90 Å². The molecule has 0 saturated carbocycles. The Morgan fingerprint density at radius 2 is 1.86 bits per heavy atom. The molecule has 1 N–H and O–H groups in total. The molecule has 230 valence electrons. The van der Waals surface area contributed by atoms with Gasteiger partial charge in [-0.25, -0.2) is 14.8 Å². The van der Waals surface area contributed by atoms with Crippen molar-refractivity contribution in [1.29, 1.82) is 0 Å². The fraction of sp³-hybridized carbons (Fsp3) is 0.441. The number of imidazole rings is 1. The highest BCUT2D eigenvalue weighted by Crippen LogP contribution is 2.32. The molecule has 44 heavy (non-hydrogen) atoms. The number of aromatic carboxylic acids is 1. The normalized spacial score (nSPS) is 19.4. The average molecular weight is 599 g/mol. The van der Waals surface area contributed by atoms with E-state index in [0.717, 1.165) is 86.0 Å². The van der Waals surface area contributed by atoms with Crippen LogP contribution in [0.2, 0.25) is 0 Å². The first-order chi connectivity index (χ1) is 21.5. The number of aromatic nitrogens is 3. The molecular weight excluding hydrogens is 560 g/mol. The summed E-state index contributed by atoms with van der Waals surface area (Å²) in [4.78, 5) is 23.9. The van der Waals surface area contributed by atoms with Gasteiger partial charge in [-0.05, 0) is 68.2 Å². The predicted molar refractivity (Wildman–Crippen MR) is 163 cm³/mol. The van der Waals surface area contributed by atoms with Crippen LogP contribution in [0, 0.1) is 0 Å². The number of benzene rings is 2. The lowest BCUT2D eigenvalue weighted by Crippen LogP contribution is -2.35. The Morgan fingerprint density at radius 1 is 1.02 bits per heavy atom. The number of fused-ring (bicyclic) bond motifs is 1. The molecule has 0 aliphatic carbocycles. The summed E-state index contributed by atoms with van der Waals surface area (Å²) in [7, 11) is 1.69. The molecule has 2 aromatic carbocycles. The zero-order valence-corrected chi connectivity index (χ0v) is 25.0. The van der Waals surface area contributed by atoms with Crippen LogP contribution >= 0.6 is 0 Å². The lowest BCUT2D eigenvalue weighted by Gasteiger charge is -2.32. The molecular formula is C34H38N4O6. The SMILES string of the molecule is COc1cc(C2COC2)ccc1COc1cccc(C2CCN(Cc3nc4ccc(C(=O)O)cc4n3C[C@@H]3CCO3)CC2)n1. The van der Waals surface area contributed by atoms with Gasteiger partial charge in [0.15, 0.2) is 0 Å². The van der Waals surface area contributed by atoms with Gasteiger partial charge in [0.05, 0.1) is 56.1 Å². The first kappa shape index (κ1) is 28.8. The van der Waals surface area contributed by atoms with Crippen molar-refractivity contribution < 1.29 is 28.8 Å². The highest BCUT2D eigenvalue weighted by Gasteiger charge is 2.26. The van der Waals surface area contributed by atoms with E-state index in [4.69, 9.17) is 28.9 Å². The summed E-state index contributed by atoms with van der Waals surface area (Å²) in [6.07, 6.45) is 3.14. The van der Waals surface area contributed by atoms with Gasteiger partial charge in [0.1, 0.15) is 18.2 Å². The molecule has 1 atom stereocenters. The van der Waals surface area contributed by atoms with Gasteiger partial charge in [0.25, 0.3) is 0 Å². The van der Waals surface area contributed by atoms with Crippen LogP contribution in [0.5, 0.6) is 11.6 Å². The van der Waals surface area contributed by atoms with Crippen molar-refractivity contribution in [2.75, 3.05) is 40.0 Å². The summed E-state index contributed by atoms with van der Waals surface area (Å²) >= 11 is 0. The first-order valence-corrected chi connectivity index (χ1v) is 15.4. The topological polar surface area (TPSA) is 108 Å². The minimum Gasteiger partial charge on any atom is -0.496 e. The van der Waals surface area contributed by atoms with Gasteiger partial charge >= 0.3 is 5.97 Å². The highest BCUT2D eigenvalue weighted by molar-refractivity contribution is 5.92. The zero-order valence-electron chi connectivity index (χ0n) is 25.0. The summed E-state index contributed by atoms with van der Waals surface area (Å²) in [6, 6.07) is 17.5. The van der Waals surface area contributed by atoms with Crippen molar-refractivity contribution in [3.8, 4) is 11.6 Å². The molecule has 0 radical (unpaired) electrons. The maximum absolute atomic E-state index is 11.6. The smallest absolute Gasteiger partial charge is 0.335 e. The van der Waals surface area contributed by atoms with Crippen molar-refractivity contribution in [3.63, 3.8) is 0 Å². The molecule has 0 bridgehead atoms. The van der Waals surface area contributed by atoms with Crippen molar-refractivity contribution in [3.05, 3.63) is 82.8 Å². The van der Waals surface area contributed by atoms with E-state index in [2.05, 4.69) is 33.7 Å². The van der Waals surface area contributed by atoms with E-state index in [-0.39, 0.29) is 11.7 Å². The van der Waals surface area contributed by atoms with Gasteiger partial charge in [-0.1, -0.05) is 18.2 Å². The van der Waals surface area contributed by atoms with Gasteiger partial charge in [-0.2, -0.15) is 0 Å². The summed E-state index contributed by atoms with van der Waals surface area (Å²) in [5.41, 5.74) is 5.24. The maximum atomic E-state index is 11.6. The molecule has 2 aromatic heterocycles. The Kier molecular flexibility index (Phi) is 8.20. The Labute approximate surface area is 256 Å². The number of carbonyl (C=O) groups is 1. The number of nitrogens with zero attached hydrogens (tertiary/aromatic N) is 4. The van der Waals surface area contributed by atoms with Gasteiger partial charge in [-0.15, -0.1) is 0 Å². The quantitative estimate of drug-likeness (QED) is 0.255. The molecule has 7 rings (SSSR count). The molecule has 10 heteroatoms. The molecule has 0 amide bonds. The Bertz CT molecular complexity index is 1640. The monoisotopic (exact) mass is 598 g/mol. The molecule has 4 aromatic rings. The fourth-order valence-corrected chi connectivity index (χ4v) is 6.30. The number of carboxylic acid groups (broad SMARTS) is 1. The van der Waals surface area contributed by atoms with Gasteiger partial charge in [-0.3, -0.25) is 4.90 Å². The van der Waals surface area contributed by atoms with E-state index < -0.39 is 5.97 Å². The number of likely N-dealkylation sites (tertiary alicyclic amines) is 1. The standard InChI is InChI=1S/C34H38N4O6/c1-41-31-16-23(26-19-42-20-26)5-6-25(31)21-44-33-4-2-3-28(36-33)22-9-12-37(13-10-22)18-32-35-29-8-7-24(34(39)40)15-30(29)38(32)17-27-11-14-43-27/h2-8,15-16,22,26-27H,9-14,17-21H2,1H3,(H,39,40)/t27-/m0/s1. The summed E-state index contributed by atoms with van der Waals surface area (Å²) in [5.74, 6) is 2.27. The van der Waals surface area contributed by atoms with Crippen LogP contribution in [0.1, 0.15) is 64.1 Å². The highest BCUT2D eigenvalue weighted by atomic mass is 16.5. The Hall–Kier alpha value is -3.99. The maximum Gasteiger partial charge on any atom is 0.335 e. The minimum atomic E-state index is -0.931. The second-order valence-electron chi connectivity index (χ2n) is 12.0. The van der Waals surface area contributed by atoms with Crippen molar-refractivity contribution >= 4 is 17.0 Å². The fourth-order valence-electron chi connectivity index (χ4n) is 6.30. The van der Waals surface area contributed by atoms with Crippen LogP contribution in [-0.4, -0.2) is 76.6 Å². The average Bonchev–Trinajstić information content (AvgIpc) is 3.33. The number of hydrogen-bond donors (Lipinski definition) is 1. The third-order valence-corrected chi connectivity index (χ3v) is 9.17. The van der Waals surface area contributed by atoms with Crippen molar-refractivity contribution in [2.24, 2.45) is 0 Å². The Morgan fingerprint density at radius 3 is 2.57 bits per heavy atom. The van der Waals surface area contributed by atoms with Crippen molar-refractivity contribution in [1.82, 2.24) is 19.4 Å². The lowest BCUT2D eigenvalue weighted by atomic mass is 9.93. The molecule has 10 nitrogen and oxygen atoms in total. The van der Waals surface area contributed by atoms with Crippen LogP contribution in [0.3, 0.4) is 0 Å². The molecule has 3 saturated heterocycles. The van der Waals surface area contributed by atoms with E-state index in [1.165, 1.54) is 5.56 Å². The number of hydrogen-bond acceptors (Lipinski definition) is 8. The second-order valence-corrected chi connectivity index (χ2v) is 12.0. The van der Waals surface area contributed by atoms with Crippen LogP contribution in [-0.2, 0) is 29.2 Å². The van der Waals surface area contributed by atoms with Gasteiger partial charge in [0, 0.05) is 35.8 Å². The van der Waals surface area contributed by atoms with Crippen LogP contribution < -0.4 is 9.47 Å². The van der Waals surface area contributed by atoms with E-state index in [1.54, 1.807) is 19.2 Å². The minimum absolute atomic E-state index is 0.147. The van der Waals surface area contributed by atoms with E-state index in [1.807, 2.05) is 18.2 Å². The molecule has 5 heterocycles. The largest absolute Gasteiger partial charge is 0.496 e. The zero-order chi connectivity index (χ0) is 30.0. The van der Waals surface area contributed by atoms with Gasteiger partial charge < -0.3 is 28.6 Å². The third-order valence-electron chi connectivity index (χ3n) is 9.17. The first-order valence-electron chi connectivity index (χ1n) is 15.4. The number of carboxylic acids is 1. The summed E-state index contributed by atoms with van der Waals surface area (Å²) in [6.45, 7) is 5.95. The lowest BCUT2D eigenvalue weighted by molar-refractivity contribution is -0.0592. The number of rotatable bonds is 11. The van der Waals surface area contributed by atoms with Crippen LogP contribution in [0.15, 0.2) is 54.6 Å². The molecule has 3 fully saturated rings. The predicted octanol–water partition coefficient (Wildman–Crippen LogP) is 5.00. The Balaban J connectivity index is 0.986. The molecule has 3 aliphatic heterocycles. The van der Waals surface area contributed by atoms with Gasteiger partial charge in [0.2, 0.25) is 5.88 Å². The van der Waals surface area contributed by atoms with Crippen LogP contribution in [0.4, 0.5) is 0 Å².